The van der Waals surface area contributed by atoms with Gasteiger partial charge >= 0.3 is 5.97 Å². The lowest BCUT2D eigenvalue weighted by atomic mass is 10.1. The summed E-state index contributed by atoms with van der Waals surface area (Å²) < 4.78 is 4.83. The Labute approximate surface area is 181 Å². The van der Waals surface area contributed by atoms with Gasteiger partial charge in [0.2, 0.25) is 0 Å². The molecule has 0 aliphatic carbocycles. The van der Waals surface area contributed by atoms with Gasteiger partial charge in [-0.1, -0.05) is 30.0 Å². The van der Waals surface area contributed by atoms with Crippen LogP contribution in [0.15, 0.2) is 35.4 Å². The lowest BCUT2D eigenvalue weighted by molar-refractivity contribution is -0.139. The van der Waals surface area contributed by atoms with Crippen molar-refractivity contribution in [2.45, 2.75) is 11.9 Å². The second kappa shape index (κ2) is 10.4. The number of rotatable bonds is 8. The number of anilines is 1. The Kier molecular flexibility index (Phi) is 7.95. The number of nitrogens with two attached hydrogens (primary N) is 2. The molecule has 0 radical (unpaired) electrons. The zero-order valence-electron chi connectivity index (χ0n) is 15.8. The van der Waals surface area contributed by atoms with E-state index in [0.29, 0.717) is 5.56 Å². The first kappa shape index (κ1) is 22.9. The zero-order chi connectivity index (χ0) is 22.3. The monoisotopic (exact) mass is 449 g/mol. The molecule has 1 heterocycles. The number of carbonyl (C=O) groups is 4. The maximum Gasteiger partial charge on any atom is 0.316 e. The average molecular weight is 450 g/mol. The van der Waals surface area contributed by atoms with Gasteiger partial charge in [0.15, 0.2) is 5.11 Å². The second-order valence-corrected chi connectivity index (χ2v) is 7.07. The van der Waals surface area contributed by atoms with Crippen molar-refractivity contribution in [3.05, 3.63) is 47.0 Å². The standard InChI is InChI=1S/C18H19N5O5S2/c1-2-28-10(24)8-30-17-12(14(20)26)11(13(19)25)15(21-17)22-18(29)23-16(27)9-6-4-3-5-7-9/h3-7,21H,2,8H2,1H3,(H2,19,25)(H2,20,26)(H2,22,23,27,29). The lowest BCUT2D eigenvalue weighted by Gasteiger charge is -2.09. The Hall–Kier alpha value is -3.38. The summed E-state index contributed by atoms with van der Waals surface area (Å²) in [6.07, 6.45) is 0. The van der Waals surface area contributed by atoms with Crippen molar-refractivity contribution in [1.29, 1.82) is 0 Å². The molecule has 0 fully saturated rings. The van der Waals surface area contributed by atoms with Crippen molar-refractivity contribution in [2.24, 2.45) is 11.5 Å². The number of carbonyl (C=O) groups excluding carboxylic acids is 4. The van der Waals surface area contributed by atoms with Gasteiger partial charge in [-0.2, -0.15) is 0 Å². The number of H-pyrrole nitrogens is 1. The van der Waals surface area contributed by atoms with Gasteiger partial charge in [0.25, 0.3) is 17.7 Å². The zero-order valence-corrected chi connectivity index (χ0v) is 17.4. The van der Waals surface area contributed by atoms with Crippen molar-refractivity contribution in [1.82, 2.24) is 10.3 Å². The Balaban J connectivity index is 2.25. The van der Waals surface area contributed by atoms with E-state index in [-0.39, 0.29) is 39.4 Å². The Morgan fingerprint density at radius 3 is 2.30 bits per heavy atom. The van der Waals surface area contributed by atoms with E-state index in [4.69, 9.17) is 28.4 Å². The third-order valence-electron chi connectivity index (χ3n) is 3.60. The summed E-state index contributed by atoms with van der Waals surface area (Å²) in [5.74, 6) is -3.07. The summed E-state index contributed by atoms with van der Waals surface area (Å²) in [6.45, 7) is 1.85. The Bertz CT molecular complexity index is 990. The van der Waals surface area contributed by atoms with E-state index >= 15 is 0 Å². The molecule has 0 saturated carbocycles. The van der Waals surface area contributed by atoms with Crippen molar-refractivity contribution in [3.63, 3.8) is 0 Å². The highest BCUT2D eigenvalue weighted by molar-refractivity contribution is 8.00. The SMILES string of the molecule is CCOC(=O)CSc1[nH]c(NC(=S)NC(=O)c2ccccc2)c(C(N)=O)c1C(N)=O. The first-order chi connectivity index (χ1) is 14.2. The smallest absolute Gasteiger partial charge is 0.316 e. The highest BCUT2D eigenvalue weighted by Crippen LogP contribution is 2.30. The number of ether oxygens (including phenoxy) is 1. The number of thiocarbonyl (C=S) groups is 1. The minimum atomic E-state index is -0.956. The van der Waals surface area contributed by atoms with Gasteiger partial charge in [-0.3, -0.25) is 24.5 Å². The molecular formula is C18H19N5O5S2. The van der Waals surface area contributed by atoms with E-state index < -0.39 is 23.7 Å². The molecule has 12 heteroatoms. The maximum atomic E-state index is 12.2. The maximum absolute atomic E-state index is 12.2. The van der Waals surface area contributed by atoms with Gasteiger partial charge in [-0.05, 0) is 31.3 Å². The number of amides is 3. The molecule has 2 aromatic rings. The predicted octanol–water partition coefficient (Wildman–Crippen LogP) is 0.994. The van der Waals surface area contributed by atoms with E-state index in [2.05, 4.69) is 15.6 Å². The van der Waals surface area contributed by atoms with E-state index in [1.54, 1.807) is 37.3 Å². The fourth-order valence-electron chi connectivity index (χ4n) is 2.40. The van der Waals surface area contributed by atoms with Gasteiger partial charge in [0.1, 0.15) is 5.82 Å². The third kappa shape index (κ3) is 5.81. The fourth-order valence-corrected chi connectivity index (χ4v) is 3.47. The molecule has 0 aliphatic rings. The summed E-state index contributed by atoms with van der Waals surface area (Å²) >= 11 is 6.01. The van der Waals surface area contributed by atoms with Gasteiger partial charge in [0, 0.05) is 5.56 Å². The molecule has 0 atom stereocenters. The molecule has 0 saturated heterocycles. The van der Waals surface area contributed by atoms with Crippen LogP contribution in [0, 0.1) is 0 Å². The van der Waals surface area contributed by atoms with E-state index in [0.717, 1.165) is 11.8 Å². The molecule has 0 unspecified atom stereocenters. The summed E-state index contributed by atoms with van der Waals surface area (Å²) in [5, 5.41) is 5.06. The molecule has 3 amide bonds. The number of hydrogen-bond acceptors (Lipinski definition) is 7. The number of hydrogen-bond donors (Lipinski definition) is 5. The first-order valence-corrected chi connectivity index (χ1v) is 9.95. The number of thioether (sulfide) groups is 1. The van der Waals surface area contributed by atoms with Crippen LogP contribution in [-0.4, -0.2) is 46.1 Å². The van der Waals surface area contributed by atoms with E-state index in [1.165, 1.54) is 0 Å². The van der Waals surface area contributed by atoms with Crippen LogP contribution in [0.1, 0.15) is 38.0 Å². The number of aromatic amines is 1. The number of primary amides is 2. The third-order valence-corrected chi connectivity index (χ3v) is 4.78. The van der Waals surface area contributed by atoms with E-state index in [9.17, 15) is 19.2 Å². The molecule has 1 aromatic carbocycles. The normalized spacial score (nSPS) is 10.2. The van der Waals surface area contributed by atoms with Crippen LogP contribution >= 0.6 is 24.0 Å². The fraction of sp³-hybridized carbons (Fsp3) is 0.167. The largest absolute Gasteiger partial charge is 0.465 e. The van der Waals surface area contributed by atoms with Gasteiger partial charge in [0.05, 0.1) is 28.5 Å². The molecule has 0 bridgehead atoms. The van der Waals surface area contributed by atoms with Gasteiger partial charge < -0.3 is 26.5 Å². The summed E-state index contributed by atoms with van der Waals surface area (Å²) in [7, 11) is 0. The van der Waals surface area contributed by atoms with Crippen LogP contribution in [0.5, 0.6) is 0 Å². The van der Waals surface area contributed by atoms with Crippen molar-refractivity contribution < 1.29 is 23.9 Å². The average Bonchev–Trinajstić information content (AvgIpc) is 3.05. The Morgan fingerprint density at radius 1 is 1.10 bits per heavy atom. The predicted molar refractivity (Wildman–Crippen MR) is 115 cm³/mol. The summed E-state index contributed by atoms with van der Waals surface area (Å²) in [4.78, 5) is 50.4. The van der Waals surface area contributed by atoms with Gasteiger partial charge in [-0.25, -0.2) is 0 Å². The second-order valence-electron chi connectivity index (χ2n) is 5.68. The van der Waals surface area contributed by atoms with Crippen molar-refractivity contribution in [3.8, 4) is 0 Å². The minimum absolute atomic E-state index is 0.0407. The Morgan fingerprint density at radius 2 is 1.73 bits per heavy atom. The summed E-state index contributed by atoms with van der Waals surface area (Å²) in [6, 6.07) is 8.32. The quantitative estimate of drug-likeness (QED) is 0.226. The molecule has 0 aliphatic heterocycles. The van der Waals surface area contributed by atoms with Crippen LogP contribution in [0.2, 0.25) is 0 Å². The molecule has 7 N–H and O–H groups in total. The molecule has 0 spiro atoms. The van der Waals surface area contributed by atoms with Crippen LogP contribution in [0.25, 0.3) is 0 Å². The molecule has 158 valence electrons. The molecule has 30 heavy (non-hydrogen) atoms. The van der Waals surface area contributed by atoms with Crippen LogP contribution < -0.4 is 22.1 Å². The van der Waals surface area contributed by atoms with Crippen LogP contribution in [-0.2, 0) is 9.53 Å². The number of esters is 1. The minimum Gasteiger partial charge on any atom is -0.465 e. The molecule has 1 aromatic heterocycles. The number of benzene rings is 1. The lowest BCUT2D eigenvalue weighted by Crippen LogP contribution is -2.34. The van der Waals surface area contributed by atoms with Crippen molar-refractivity contribution in [2.75, 3.05) is 17.7 Å². The highest BCUT2D eigenvalue weighted by atomic mass is 32.2. The highest BCUT2D eigenvalue weighted by Gasteiger charge is 2.27. The number of nitrogens with one attached hydrogen (secondary N) is 3. The number of aromatic nitrogens is 1. The van der Waals surface area contributed by atoms with Crippen LogP contribution in [0.3, 0.4) is 0 Å². The first-order valence-electron chi connectivity index (χ1n) is 8.55. The molecular weight excluding hydrogens is 430 g/mol. The van der Waals surface area contributed by atoms with Crippen molar-refractivity contribution >= 4 is 58.6 Å². The topological polar surface area (TPSA) is 169 Å². The molecule has 2 rings (SSSR count). The van der Waals surface area contributed by atoms with E-state index in [1.807, 2.05) is 0 Å². The molecule has 10 nitrogen and oxygen atoms in total. The summed E-state index contributed by atoms with van der Waals surface area (Å²) in [5.41, 5.74) is 10.7. The van der Waals surface area contributed by atoms with Crippen LogP contribution in [0.4, 0.5) is 5.82 Å². The van der Waals surface area contributed by atoms with Gasteiger partial charge in [-0.15, -0.1) is 0 Å².